The number of rotatable bonds is 4. The van der Waals surface area contributed by atoms with Crippen LogP contribution in [0.3, 0.4) is 0 Å². The number of hydrogen-bond acceptors (Lipinski definition) is 3. The molecule has 0 saturated heterocycles. The van der Waals surface area contributed by atoms with Gasteiger partial charge in [0.15, 0.2) is 0 Å². The van der Waals surface area contributed by atoms with Gasteiger partial charge in [0.25, 0.3) is 0 Å². The van der Waals surface area contributed by atoms with Gasteiger partial charge in [-0.1, -0.05) is 13.0 Å². The maximum atomic E-state index is 13.0. The predicted octanol–water partition coefficient (Wildman–Crippen LogP) is 4.72. The number of nitrogens with zero attached hydrogens (tertiary/aromatic N) is 1. The van der Waals surface area contributed by atoms with Crippen molar-refractivity contribution in [3.05, 3.63) is 53.3 Å². The van der Waals surface area contributed by atoms with E-state index in [1.165, 1.54) is 24.3 Å². The lowest BCUT2D eigenvalue weighted by Crippen LogP contribution is -2.08. The summed E-state index contributed by atoms with van der Waals surface area (Å²) in [5, 5.41) is 17.9. The lowest BCUT2D eigenvalue weighted by Gasteiger charge is -2.10. The Balaban J connectivity index is 2.56. The van der Waals surface area contributed by atoms with Crippen LogP contribution < -0.4 is 0 Å². The van der Waals surface area contributed by atoms with Crippen molar-refractivity contribution in [3.63, 3.8) is 0 Å². The van der Waals surface area contributed by atoms with Crippen molar-refractivity contribution in [3.8, 4) is 17.4 Å². The van der Waals surface area contributed by atoms with E-state index >= 15 is 0 Å². The molecule has 1 aromatic carbocycles. The van der Waals surface area contributed by atoms with Crippen molar-refractivity contribution in [1.82, 2.24) is 0 Å². The zero-order chi connectivity index (χ0) is 17.9. The summed E-state index contributed by atoms with van der Waals surface area (Å²) in [6.45, 7) is 1.72. The third-order valence-corrected chi connectivity index (χ3v) is 3.35. The smallest absolute Gasteiger partial charge is 0.417 e. The molecule has 124 valence electrons. The molecule has 1 heterocycles. The van der Waals surface area contributed by atoms with Crippen LogP contribution >= 0.6 is 0 Å². The van der Waals surface area contributed by atoms with E-state index in [1.807, 2.05) is 0 Å². The van der Waals surface area contributed by atoms with Crippen molar-refractivity contribution in [2.45, 2.75) is 19.5 Å². The molecule has 0 amide bonds. The van der Waals surface area contributed by atoms with Crippen LogP contribution in [0.25, 0.3) is 16.9 Å². The van der Waals surface area contributed by atoms with Gasteiger partial charge in [0.2, 0.25) is 0 Å². The van der Waals surface area contributed by atoms with Crippen LogP contribution in [0.15, 0.2) is 40.8 Å². The molecule has 0 unspecified atom stereocenters. The molecule has 0 bridgehead atoms. The van der Waals surface area contributed by atoms with Gasteiger partial charge in [0.1, 0.15) is 17.6 Å². The first kappa shape index (κ1) is 17.3. The highest BCUT2D eigenvalue weighted by Crippen LogP contribution is 2.37. The minimum atomic E-state index is -4.66. The second-order valence-corrected chi connectivity index (χ2v) is 4.86. The minimum absolute atomic E-state index is 0.00403. The van der Waals surface area contributed by atoms with Gasteiger partial charge in [-0.25, -0.2) is 4.79 Å². The van der Waals surface area contributed by atoms with Crippen molar-refractivity contribution in [1.29, 1.82) is 5.26 Å². The summed E-state index contributed by atoms with van der Waals surface area (Å²) in [5.41, 5.74) is -1.19. The number of alkyl halides is 3. The summed E-state index contributed by atoms with van der Waals surface area (Å²) in [4.78, 5) is 10.8. The number of allylic oxidation sites excluding steroid dienone is 1. The number of hydrogen-bond donors (Lipinski definition) is 1. The van der Waals surface area contributed by atoms with Gasteiger partial charge in [-0.2, -0.15) is 18.4 Å². The van der Waals surface area contributed by atoms with Crippen molar-refractivity contribution < 1.29 is 27.5 Å². The van der Waals surface area contributed by atoms with Gasteiger partial charge in [0.05, 0.1) is 11.1 Å². The van der Waals surface area contributed by atoms with Crippen LogP contribution in [0.4, 0.5) is 13.2 Å². The van der Waals surface area contributed by atoms with E-state index < -0.39 is 23.3 Å². The van der Waals surface area contributed by atoms with Crippen molar-refractivity contribution >= 4 is 11.5 Å². The molecular formula is C17H12F3NO3. The van der Waals surface area contributed by atoms with Gasteiger partial charge in [-0.3, -0.25) is 0 Å². The number of halogens is 3. The second-order valence-electron chi connectivity index (χ2n) is 4.86. The number of nitriles is 1. The molecule has 0 fully saturated rings. The fourth-order valence-corrected chi connectivity index (χ4v) is 2.27. The van der Waals surface area contributed by atoms with Crippen molar-refractivity contribution in [2.24, 2.45) is 0 Å². The monoisotopic (exact) mass is 335 g/mol. The Labute approximate surface area is 135 Å². The van der Waals surface area contributed by atoms with Gasteiger partial charge < -0.3 is 9.52 Å². The largest absolute Gasteiger partial charge is 0.478 e. The highest BCUT2D eigenvalue weighted by molar-refractivity contribution is 5.89. The molecule has 0 aliphatic carbocycles. The second kappa shape index (κ2) is 6.62. The van der Waals surface area contributed by atoms with E-state index in [-0.39, 0.29) is 17.1 Å². The van der Waals surface area contributed by atoms with Crippen LogP contribution in [-0.2, 0) is 11.0 Å². The Bertz CT molecular complexity index is 841. The van der Waals surface area contributed by atoms with Crippen LogP contribution in [0.5, 0.6) is 0 Å². The topological polar surface area (TPSA) is 74.2 Å². The molecule has 2 aromatic rings. The summed E-state index contributed by atoms with van der Waals surface area (Å²) in [6.07, 6.45) is -3.32. The molecule has 1 N–H and O–H groups in total. The molecule has 0 atom stereocenters. The minimum Gasteiger partial charge on any atom is -0.478 e. The van der Waals surface area contributed by atoms with E-state index in [1.54, 1.807) is 13.0 Å². The van der Waals surface area contributed by atoms with Gasteiger partial charge >= 0.3 is 12.1 Å². The molecule has 0 saturated carbocycles. The zero-order valence-corrected chi connectivity index (χ0v) is 12.5. The maximum absolute atomic E-state index is 13.0. The number of carbonyl (C=O) groups is 1. The maximum Gasteiger partial charge on any atom is 0.417 e. The highest BCUT2D eigenvalue weighted by Gasteiger charge is 2.34. The summed E-state index contributed by atoms with van der Waals surface area (Å²) >= 11 is 0. The number of furan rings is 1. The average molecular weight is 335 g/mol. The fourth-order valence-electron chi connectivity index (χ4n) is 2.27. The summed E-state index contributed by atoms with van der Waals surface area (Å²) in [6, 6.07) is 7.81. The van der Waals surface area contributed by atoms with E-state index in [4.69, 9.17) is 14.8 Å². The summed E-state index contributed by atoms with van der Waals surface area (Å²) in [5.74, 6) is -0.852. The first-order chi connectivity index (χ1) is 11.3. The molecule has 4 nitrogen and oxygen atoms in total. The van der Waals surface area contributed by atoms with Crippen LogP contribution in [-0.4, -0.2) is 11.1 Å². The quantitative estimate of drug-likeness (QED) is 0.821. The van der Waals surface area contributed by atoms with E-state index in [0.29, 0.717) is 12.0 Å². The first-order valence-electron chi connectivity index (χ1n) is 6.92. The Morgan fingerprint density at radius 2 is 2.04 bits per heavy atom. The van der Waals surface area contributed by atoms with E-state index in [0.717, 1.165) is 12.1 Å². The van der Waals surface area contributed by atoms with Gasteiger partial charge in [0, 0.05) is 17.2 Å². The Kier molecular flexibility index (Phi) is 4.79. The molecule has 0 aliphatic heterocycles. The first-order valence-corrected chi connectivity index (χ1v) is 6.92. The number of carboxylic acid groups (broad SMARTS) is 1. The molecule has 0 spiro atoms. The lowest BCUT2D eigenvalue weighted by atomic mass is 10.00. The normalized spacial score (nSPS) is 12.0. The highest BCUT2D eigenvalue weighted by atomic mass is 19.4. The Morgan fingerprint density at radius 1 is 1.33 bits per heavy atom. The fraction of sp³-hybridized carbons (Fsp3) is 0.176. The third kappa shape index (κ3) is 3.49. The van der Waals surface area contributed by atoms with Crippen LogP contribution in [0.1, 0.15) is 30.2 Å². The number of benzene rings is 1. The molecule has 2 rings (SSSR count). The van der Waals surface area contributed by atoms with E-state index in [2.05, 4.69) is 0 Å². The number of carboxylic acids is 1. The zero-order valence-electron chi connectivity index (χ0n) is 12.5. The Hall–Kier alpha value is -3.01. The molecule has 24 heavy (non-hydrogen) atoms. The lowest BCUT2D eigenvalue weighted by molar-refractivity contribution is -0.137. The van der Waals surface area contributed by atoms with Crippen LogP contribution in [0, 0.1) is 11.3 Å². The third-order valence-electron chi connectivity index (χ3n) is 3.35. The van der Waals surface area contributed by atoms with Gasteiger partial charge in [-0.05, 0) is 30.7 Å². The summed E-state index contributed by atoms with van der Waals surface area (Å²) in [7, 11) is 0. The standard InChI is InChI=1S/C17H12F3NO3/c1-2-10(8-16(22)23)14-6-7-15(24-14)11-4-3-5-13(12(11)9-21)17(18,19)20/h3-8H,2H2,1H3,(H,22,23)/b10-8+. The van der Waals surface area contributed by atoms with Crippen LogP contribution in [0.2, 0.25) is 0 Å². The SMILES string of the molecule is CC/C(=C\C(=O)O)c1ccc(-c2cccc(C(F)(F)F)c2C#N)o1. The number of aliphatic carboxylic acids is 1. The summed E-state index contributed by atoms with van der Waals surface area (Å²) < 4.78 is 44.5. The Morgan fingerprint density at radius 3 is 2.58 bits per heavy atom. The average Bonchev–Trinajstić information content (AvgIpc) is 3.00. The molecular weight excluding hydrogens is 323 g/mol. The predicted molar refractivity (Wildman–Crippen MR) is 79.8 cm³/mol. The van der Waals surface area contributed by atoms with Gasteiger partial charge in [-0.15, -0.1) is 0 Å². The molecule has 0 aliphatic rings. The molecule has 7 heteroatoms. The molecule has 1 aromatic heterocycles. The van der Waals surface area contributed by atoms with Crippen molar-refractivity contribution in [2.75, 3.05) is 0 Å². The molecule has 0 radical (unpaired) electrons. The van der Waals surface area contributed by atoms with E-state index in [9.17, 15) is 18.0 Å².